The summed E-state index contributed by atoms with van der Waals surface area (Å²) in [5.74, 6) is 0. The number of nitrogens with one attached hydrogen (secondary N) is 1. The minimum atomic E-state index is 0.688. The van der Waals surface area contributed by atoms with Crippen LogP contribution in [-0.2, 0) is 6.54 Å². The zero-order chi connectivity index (χ0) is 13.1. The van der Waals surface area contributed by atoms with Gasteiger partial charge in [0.25, 0.3) is 0 Å². The van der Waals surface area contributed by atoms with Gasteiger partial charge in [0.15, 0.2) is 0 Å². The lowest BCUT2D eigenvalue weighted by atomic mass is 10.0. The normalized spacial score (nSPS) is 23.8. The molecule has 1 aromatic rings. The van der Waals surface area contributed by atoms with E-state index in [0.717, 1.165) is 17.6 Å². The summed E-state index contributed by atoms with van der Waals surface area (Å²) in [5, 5.41) is 4.51. The molecule has 0 bridgehead atoms. The summed E-state index contributed by atoms with van der Waals surface area (Å²) in [5.41, 5.74) is 1.34. The maximum absolute atomic E-state index is 6.08. The summed E-state index contributed by atoms with van der Waals surface area (Å²) >= 11 is 6.08. The molecule has 1 saturated carbocycles. The molecule has 3 heteroatoms. The van der Waals surface area contributed by atoms with Gasteiger partial charge >= 0.3 is 0 Å². The number of halogens is 1. The van der Waals surface area contributed by atoms with E-state index in [4.69, 9.17) is 11.6 Å². The third-order valence-corrected chi connectivity index (χ3v) is 4.44. The van der Waals surface area contributed by atoms with Gasteiger partial charge in [0.1, 0.15) is 0 Å². The van der Waals surface area contributed by atoms with Crippen molar-refractivity contribution in [3.8, 4) is 0 Å². The lowest BCUT2D eigenvalue weighted by molar-refractivity contribution is 0.208. The van der Waals surface area contributed by atoms with Gasteiger partial charge in [-0.25, -0.2) is 0 Å². The van der Waals surface area contributed by atoms with Crippen molar-refractivity contribution in [1.82, 2.24) is 10.2 Å². The Morgan fingerprint density at radius 1 is 1.21 bits per heavy atom. The summed E-state index contributed by atoms with van der Waals surface area (Å²) in [6, 6.07) is 9.80. The van der Waals surface area contributed by atoms with Crippen LogP contribution in [0.2, 0.25) is 5.02 Å². The minimum absolute atomic E-state index is 0.688. The summed E-state index contributed by atoms with van der Waals surface area (Å²) in [6.07, 6.45) is 6.79. The highest BCUT2D eigenvalue weighted by molar-refractivity contribution is 6.30. The maximum Gasteiger partial charge on any atom is 0.0409 e. The van der Waals surface area contributed by atoms with Gasteiger partial charge in [-0.3, -0.25) is 4.90 Å². The third-order valence-electron chi connectivity index (χ3n) is 4.21. The van der Waals surface area contributed by atoms with E-state index in [1.165, 1.54) is 50.8 Å². The first-order chi connectivity index (χ1) is 9.31. The quantitative estimate of drug-likeness (QED) is 0.888. The number of hydrogen-bond acceptors (Lipinski definition) is 2. The summed E-state index contributed by atoms with van der Waals surface area (Å²) in [6.45, 7) is 3.43. The van der Waals surface area contributed by atoms with Crippen LogP contribution in [0.4, 0.5) is 0 Å². The van der Waals surface area contributed by atoms with Gasteiger partial charge < -0.3 is 5.32 Å². The molecule has 1 N–H and O–H groups in total. The molecule has 0 amide bonds. The summed E-state index contributed by atoms with van der Waals surface area (Å²) < 4.78 is 0. The topological polar surface area (TPSA) is 15.3 Å². The smallest absolute Gasteiger partial charge is 0.0409 e. The Morgan fingerprint density at radius 3 is 2.79 bits per heavy atom. The molecule has 104 valence electrons. The van der Waals surface area contributed by atoms with Crippen molar-refractivity contribution in [1.29, 1.82) is 0 Å². The number of rotatable bonds is 5. The highest BCUT2D eigenvalue weighted by atomic mass is 35.5. The van der Waals surface area contributed by atoms with Gasteiger partial charge in [-0.2, -0.15) is 0 Å². The van der Waals surface area contributed by atoms with Crippen LogP contribution in [0.1, 0.15) is 37.7 Å². The molecular formula is C16H23ClN2. The molecular weight excluding hydrogens is 256 g/mol. The molecule has 1 aromatic carbocycles. The largest absolute Gasteiger partial charge is 0.313 e. The molecule has 1 saturated heterocycles. The van der Waals surface area contributed by atoms with Gasteiger partial charge in [0.2, 0.25) is 0 Å². The van der Waals surface area contributed by atoms with E-state index >= 15 is 0 Å². The van der Waals surface area contributed by atoms with E-state index in [1.54, 1.807) is 0 Å². The van der Waals surface area contributed by atoms with E-state index < -0.39 is 0 Å². The van der Waals surface area contributed by atoms with Crippen molar-refractivity contribution in [2.24, 2.45) is 0 Å². The van der Waals surface area contributed by atoms with Crippen molar-refractivity contribution in [3.63, 3.8) is 0 Å². The van der Waals surface area contributed by atoms with Crippen molar-refractivity contribution in [2.75, 3.05) is 13.1 Å². The molecule has 0 radical (unpaired) electrons. The van der Waals surface area contributed by atoms with Crippen LogP contribution in [0.25, 0.3) is 0 Å². The molecule has 2 fully saturated rings. The predicted molar refractivity (Wildman–Crippen MR) is 80.5 cm³/mol. The van der Waals surface area contributed by atoms with E-state index in [9.17, 15) is 0 Å². The molecule has 3 rings (SSSR count). The van der Waals surface area contributed by atoms with Crippen LogP contribution < -0.4 is 5.32 Å². The van der Waals surface area contributed by atoms with Crippen molar-refractivity contribution in [2.45, 2.75) is 50.7 Å². The lowest BCUT2D eigenvalue weighted by Crippen LogP contribution is -2.44. The van der Waals surface area contributed by atoms with Crippen LogP contribution in [0.3, 0.4) is 0 Å². The first kappa shape index (κ1) is 13.4. The molecule has 1 atom stereocenters. The van der Waals surface area contributed by atoms with Gasteiger partial charge in [0, 0.05) is 30.2 Å². The van der Waals surface area contributed by atoms with Crippen molar-refractivity contribution >= 4 is 11.6 Å². The fourth-order valence-corrected chi connectivity index (χ4v) is 3.23. The third kappa shape index (κ3) is 3.95. The molecule has 2 aliphatic rings. The first-order valence-electron chi connectivity index (χ1n) is 7.53. The molecule has 2 nitrogen and oxygen atoms in total. The Kier molecular flexibility index (Phi) is 4.42. The van der Waals surface area contributed by atoms with Crippen molar-refractivity contribution in [3.05, 3.63) is 34.9 Å². The van der Waals surface area contributed by atoms with Crippen LogP contribution >= 0.6 is 11.6 Å². The van der Waals surface area contributed by atoms with Gasteiger partial charge in [0.05, 0.1) is 0 Å². The predicted octanol–water partition coefficient (Wildman–Crippen LogP) is 3.45. The fourth-order valence-electron chi connectivity index (χ4n) is 3.02. The van der Waals surface area contributed by atoms with Crippen LogP contribution in [0.5, 0.6) is 0 Å². The highest BCUT2D eigenvalue weighted by Gasteiger charge is 2.30. The van der Waals surface area contributed by atoms with Crippen LogP contribution in [0.15, 0.2) is 24.3 Å². The van der Waals surface area contributed by atoms with Crippen LogP contribution in [0, 0.1) is 0 Å². The minimum Gasteiger partial charge on any atom is -0.313 e. The number of nitrogens with zero attached hydrogens (tertiary/aromatic N) is 1. The SMILES string of the molecule is Clc1cccc(CN(CC2CCCCN2)C2CC2)c1. The van der Waals surface area contributed by atoms with E-state index in [2.05, 4.69) is 28.4 Å². The molecule has 0 spiro atoms. The first-order valence-corrected chi connectivity index (χ1v) is 7.91. The highest BCUT2D eigenvalue weighted by Crippen LogP contribution is 2.29. The fraction of sp³-hybridized carbons (Fsp3) is 0.625. The van der Waals surface area contributed by atoms with E-state index in [-0.39, 0.29) is 0 Å². The van der Waals surface area contributed by atoms with E-state index in [1.807, 2.05) is 6.07 Å². The zero-order valence-corrected chi connectivity index (χ0v) is 12.2. The second-order valence-electron chi connectivity index (χ2n) is 5.94. The van der Waals surface area contributed by atoms with Gasteiger partial charge in [-0.15, -0.1) is 0 Å². The molecule has 1 unspecified atom stereocenters. The Bertz CT molecular complexity index is 411. The average molecular weight is 279 g/mol. The second kappa shape index (κ2) is 6.25. The standard InChI is InChI=1S/C16H23ClN2/c17-14-5-3-4-13(10-14)11-19(16-7-8-16)12-15-6-1-2-9-18-15/h3-5,10,15-16,18H,1-2,6-9,11-12H2. The Balaban J connectivity index is 1.60. The zero-order valence-electron chi connectivity index (χ0n) is 11.4. The number of benzene rings is 1. The monoisotopic (exact) mass is 278 g/mol. The Labute approximate surface area is 121 Å². The molecule has 1 aliphatic carbocycles. The summed E-state index contributed by atoms with van der Waals surface area (Å²) in [7, 11) is 0. The molecule has 1 aliphatic heterocycles. The van der Waals surface area contributed by atoms with E-state index in [0.29, 0.717) is 6.04 Å². The Morgan fingerprint density at radius 2 is 2.11 bits per heavy atom. The molecule has 0 aromatic heterocycles. The van der Waals surface area contributed by atoms with Gasteiger partial charge in [-0.1, -0.05) is 30.2 Å². The summed E-state index contributed by atoms with van der Waals surface area (Å²) in [4.78, 5) is 2.65. The molecule has 19 heavy (non-hydrogen) atoms. The van der Waals surface area contributed by atoms with Gasteiger partial charge in [-0.05, 0) is 49.9 Å². The Hall–Kier alpha value is -0.570. The maximum atomic E-state index is 6.08. The number of piperidine rings is 1. The average Bonchev–Trinajstić information content (AvgIpc) is 3.23. The second-order valence-corrected chi connectivity index (χ2v) is 6.37. The van der Waals surface area contributed by atoms with Crippen molar-refractivity contribution < 1.29 is 0 Å². The lowest BCUT2D eigenvalue weighted by Gasteiger charge is -2.30. The van der Waals surface area contributed by atoms with Crippen LogP contribution in [-0.4, -0.2) is 30.1 Å². The molecule has 1 heterocycles. The number of hydrogen-bond donors (Lipinski definition) is 1.